The topological polar surface area (TPSA) is 33.0 Å². The van der Waals surface area contributed by atoms with E-state index in [1.807, 2.05) is 42.5 Å². The summed E-state index contributed by atoms with van der Waals surface area (Å²) in [4.78, 5) is 2.11. The zero-order chi connectivity index (χ0) is 13.7. The Morgan fingerprint density at radius 1 is 1.26 bits per heavy atom. The van der Waals surface area contributed by atoms with Crippen molar-refractivity contribution in [3.05, 3.63) is 53.1 Å². The first-order valence-corrected chi connectivity index (χ1v) is 6.89. The van der Waals surface area contributed by atoms with E-state index in [0.717, 1.165) is 21.1 Å². The normalized spacial score (nSPS) is 9.95. The zero-order valence-electron chi connectivity index (χ0n) is 10.4. The summed E-state index contributed by atoms with van der Waals surface area (Å²) in [5.74, 6) is 0.820. The highest BCUT2D eigenvalue weighted by Crippen LogP contribution is 2.33. The molecule has 0 heterocycles. The van der Waals surface area contributed by atoms with Gasteiger partial charge in [-0.25, -0.2) is 0 Å². The average Bonchev–Trinajstić information content (AvgIpc) is 2.42. The summed E-state index contributed by atoms with van der Waals surface area (Å²) in [7, 11) is 1.65. The molecule has 2 rings (SSSR count). The second-order valence-corrected chi connectivity index (χ2v) is 5.42. The fraction of sp³-hybridized carbons (Fsp3) is 0.133. The summed E-state index contributed by atoms with van der Waals surface area (Å²) in [6.07, 6.45) is 0.354. The molecule has 2 aromatic rings. The molecule has 2 aromatic carbocycles. The van der Waals surface area contributed by atoms with Crippen LogP contribution in [-0.4, -0.2) is 7.11 Å². The van der Waals surface area contributed by atoms with Gasteiger partial charge in [0.1, 0.15) is 5.75 Å². The maximum absolute atomic E-state index is 8.86. The van der Waals surface area contributed by atoms with Gasteiger partial charge in [-0.3, -0.25) is 0 Å². The van der Waals surface area contributed by atoms with Crippen LogP contribution in [0.2, 0.25) is 5.02 Å². The number of nitriles is 1. The SMILES string of the molecule is COc1cccc(Sc2ccc(Cl)cc2CC#N)c1. The molecule has 0 aliphatic rings. The van der Waals surface area contributed by atoms with Crippen LogP contribution in [0.15, 0.2) is 52.3 Å². The van der Waals surface area contributed by atoms with E-state index in [4.69, 9.17) is 21.6 Å². The third-order valence-corrected chi connectivity index (χ3v) is 3.90. The number of benzene rings is 2. The summed E-state index contributed by atoms with van der Waals surface area (Å²) in [6.45, 7) is 0. The van der Waals surface area contributed by atoms with E-state index in [-0.39, 0.29) is 0 Å². The van der Waals surface area contributed by atoms with Crippen LogP contribution in [0, 0.1) is 11.3 Å². The van der Waals surface area contributed by atoms with E-state index in [9.17, 15) is 0 Å². The van der Waals surface area contributed by atoms with Crippen molar-refractivity contribution in [1.82, 2.24) is 0 Å². The Bertz CT molecular complexity index is 622. The molecule has 0 aliphatic carbocycles. The first-order valence-electron chi connectivity index (χ1n) is 5.70. The van der Waals surface area contributed by atoms with E-state index in [1.165, 1.54) is 0 Å². The summed E-state index contributed by atoms with van der Waals surface area (Å²) in [5.41, 5.74) is 0.947. The average molecular weight is 290 g/mol. The van der Waals surface area contributed by atoms with Crippen molar-refractivity contribution in [2.24, 2.45) is 0 Å². The Morgan fingerprint density at radius 3 is 2.84 bits per heavy atom. The lowest BCUT2D eigenvalue weighted by molar-refractivity contribution is 0.413. The van der Waals surface area contributed by atoms with Gasteiger partial charge in [0.15, 0.2) is 0 Å². The number of ether oxygens (including phenoxy) is 1. The molecular formula is C15H12ClNOS. The van der Waals surface area contributed by atoms with Crippen LogP contribution in [0.3, 0.4) is 0 Å². The van der Waals surface area contributed by atoms with Crippen LogP contribution < -0.4 is 4.74 Å². The van der Waals surface area contributed by atoms with E-state index in [1.54, 1.807) is 18.9 Å². The second kappa shape index (κ2) is 6.51. The van der Waals surface area contributed by atoms with Gasteiger partial charge in [0.05, 0.1) is 19.6 Å². The number of hydrogen-bond donors (Lipinski definition) is 0. The van der Waals surface area contributed by atoms with E-state index < -0.39 is 0 Å². The van der Waals surface area contributed by atoms with Crippen molar-refractivity contribution in [3.8, 4) is 11.8 Å². The van der Waals surface area contributed by atoms with Crippen molar-refractivity contribution >= 4 is 23.4 Å². The third kappa shape index (κ3) is 3.66. The standard InChI is InChI=1S/C15H12ClNOS/c1-18-13-3-2-4-14(10-13)19-15-6-5-12(16)9-11(15)7-8-17/h2-6,9-10H,7H2,1H3. The first-order chi connectivity index (χ1) is 9.22. The van der Waals surface area contributed by atoms with Crippen molar-refractivity contribution < 1.29 is 4.74 Å². The monoisotopic (exact) mass is 289 g/mol. The third-order valence-electron chi connectivity index (χ3n) is 2.56. The first kappa shape index (κ1) is 13.8. The molecule has 0 spiro atoms. The van der Waals surface area contributed by atoms with Gasteiger partial charge in [-0.2, -0.15) is 5.26 Å². The molecule has 0 N–H and O–H groups in total. The van der Waals surface area contributed by atoms with E-state index in [0.29, 0.717) is 11.4 Å². The fourth-order valence-corrected chi connectivity index (χ4v) is 2.83. The maximum atomic E-state index is 8.86. The highest BCUT2D eigenvalue weighted by molar-refractivity contribution is 7.99. The summed E-state index contributed by atoms with van der Waals surface area (Å²) in [5, 5.41) is 9.51. The van der Waals surface area contributed by atoms with Gasteiger partial charge in [-0.1, -0.05) is 29.4 Å². The van der Waals surface area contributed by atoms with Gasteiger partial charge in [0.25, 0.3) is 0 Å². The largest absolute Gasteiger partial charge is 0.497 e. The van der Waals surface area contributed by atoms with Gasteiger partial charge in [-0.15, -0.1) is 0 Å². The van der Waals surface area contributed by atoms with Gasteiger partial charge in [0, 0.05) is 14.8 Å². The van der Waals surface area contributed by atoms with Crippen LogP contribution in [0.25, 0.3) is 0 Å². The molecule has 0 atom stereocenters. The van der Waals surface area contributed by atoms with Crippen LogP contribution in [0.4, 0.5) is 0 Å². The smallest absolute Gasteiger partial charge is 0.119 e. The quantitative estimate of drug-likeness (QED) is 0.827. The molecule has 0 unspecified atom stereocenters. The fourth-order valence-electron chi connectivity index (χ4n) is 1.66. The maximum Gasteiger partial charge on any atom is 0.119 e. The Balaban J connectivity index is 2.29. The zero-order valence-corrected chi connectivity index (χ0v) is 12.0. The number of halogens is 1. The predicted molar refractivity (Wildman–Crippen MR) is 77.9 cm³/mol. The molecular weight excluding hydrogens is 278 g/mol. The van der Waals surface area contributed by atoms with Crippen LogP contribution in [0.1, 0.15) is 5.56 Å². The number of rotatable bonds is 4. The molecule has 0 saturated carbocycles. The minimum atomic E-state index is 0.354. The van der Waals surface area contributed by atoms with Gasteiger partial charge < -0.3 is 4.74 Å². The molecule has 96 valence electrons. The predicted octanol–water partition coefficient (Wildman–Crippen LogP) is 4.57. The highest BCUT2D eigenvalue weighted by atomic mass is 35.5. The van der Waals surface area contributed by atoms with Crippen molar-refractivity contribution in [2.45, 2.75) is 16.2 Å². The molecule has 0 radical (unpaired) electrons. The Morgan fingerprint density at radius 2 is 2.11 bits per heavy atom. The Hall–Kier alpha value is -1.63. The van der Waals surface area contributed by atoms with E-state index >= 15 is 0 Å². The molecule has 4 heteroatoms. The van der Waals surface area contributed by atoms with E-state index in [2.05, 4.69) is 6.07 Å². The lowest BCUT2D eigenvalue weighted by Crippen LogP contribution is -1.87. The molecule has 0 bridgehead atoms. The molecule has 0 amide bonds. The summed E-state index contributed by atoms with van der Waals surface area (Å²) in [6, 6.07) is 15.6. The Labute approximate surface area is 122 Å². The van der Waals surface area contributed by atoms with Crippen LogP contribution in [-0.2, 0) is 6.42 Å². The molecule has 0 saturated heterocycles. The van der Waals surface area contributed by atoms with Gasteiger partial charge >= 0.3 is 0 Å². The van der Waals surface area contributed by atoms with Crippen LogP contribution in [0.5, 0.6) is 5.75 Å². The lowest BCUT2D eigenvalue weighted by atomic mass is 10.2. The van der Waals surface area contributed by atoms with Gasteiger partial charge in [0.2, 0.25) is 0 Å². The van der Waals surface area contributed by atoms with Crippen LogP contribution >= 0.6 is 23.4 Å². The van der Waals surface area contributed by atoms with Crippen molar-refractivity contribution in [1.29, 1.82) is 5.26 Å². The lowest BCUT2D eigenvalue weighted by Gasteiger charge is -2.08. The number of nitrogens with zero attached hydrogens (tertiary/aromatic N) is 1. The second-order valence-electron chi connectivity index (χ2n) is 3.87. The molecule has 19 heavy (non-hydrogen) atoms. The minimum Gasteiger partial charge on any atom is -0.497 e. The molecule has 2 nitrogen and oxygen atoms in total. The van der Waals surface area contributed by atoms with Gasteiger partial charge in [-0.05, 0) is 42.0 Å². The molecule has 0 aliphatic heterocycles. The molecule has 0 aromatic heterocycles. The summed E-state index contributed by atoms with van der Waals surface area (Å²) >= 11 is 7.57. The van der Waals surface area contributed by atoms with Crippen molar-refractivity contribution in [3.63, 3.8) is 0 Å². The highest BCUT2D eigenvalue weighted by Gasteiger charge is 2.06. The Kier molecular flexibility index (Phi) is 4.73. The number of hydrogen-bond acceptors (Lipinski definition) is 3. The summed E-state index contributed by atoms with van der Waals surface area (Å²) < 4.78 is 5.20. The van der Waals surface area contributed by atoms with Crippen molar-refractivity contribution in [2.75, 3.05) is 7.11 Å². The number of methoxy groups -OCH3 is 1. The molecule has 0 fully saturated rings. The minimum absolute atomic E-state index is 0.354.